The molecule has 0 aliphatic carbocycles. The van der Waals surface area contributed by atoms with Crippen LogP contribution in [0.1, 0.15) is 46.5 Å². The maximum atomic E-state index is 11.6. The van der Waals surface area contributed by atoms with Gasteiger partial charge in [-0.3, -0.25) is 4.79 Å². The Hall–Kier alpha value is -0.610. The van der Waals surface area contributed by atoms with Crippen LogP contribution in [0.3, 0.4) is 0 Å². The highest BCUT2D eigenvalue weighted by Crippen LogP contribution is 2.36. The van der Waals surface area contributed by atoms with E-state index in [2.05, 4.69) is 26.1 Å². The van der Waals surface area contributed by atoms with Crippen molar-refractivity contribution < 1.29 is 14.3 Å². The normalized spacial score (nSPS) is 33.4. The van der Waals surface area contributed by atoms with Gasteiger partial charge in [-0.05, 0) is 32.7 Å². The number of ether oxygens (including phenoxy) is 2. The van der Waals surface area contributed by atoms with Crippen molar-refractivity contribution in [3.63, 3.8) is 0 Å². The van der Waals surface area contributed by atoms with Gasteiger partial charge >= 0.3 is 5.97 Å². The number of nitrogens with one attached hydrogen (secondary N) is 1. The first kappa shape index (κ1) is 14.5. The van der Waals surface area contributed by atoms with Crippen molar-refractivity contribution in [1.29, 1.82) is 0 Å². The molecular formula is C13H25NO3. The molecule has 0 saturated carbocycles. The lowest BCUT2D eigenvalue weighted by molar-refractivity contribution is -0.147. The second kappa shape index (κ2) is 5.83. The molecule has 1 fully saturated rings. The monoisotopic (exact) mass is 243 g/mol. The summed E-state index contributed by atoms with van der Waals surface area (Å²) in [4.78, 5) is 11.6. The first-order chi connectivity index (χ1) is 7.99. The van der Waals surface area contributed by atoms with Crippen LogP contribution in [0.15, 0.2) is 0 Å². The molecule has 1 heterocycles. The minimum atomic E-state index is -0.162. The number of methoxy groups -OCH3 is 1. The molecule has 4 heteroatoms. The number of carbonyl (C=O) groups is 1. The minimum Gasteiger partial charge on any atom is -0.469 e. The second-order valence-electron chi connectivity index (χ2n) is 5.14. The predicted octanol–water partition coefficient (Wildman–Crippen LogP) is 1.88. The van der Waals surface area contributed by atoms with Gasteiger partial charge in [-0.1, -0.05) is 13.8 Å². The summed E-state index contributed by atoms with van der Waals surface area (Å²) >= 11 is 0. The molecule has 1 saturated heterocycles. The van der Waals surface area contributed by atoms with E-state index in [1.807, 2.05) is 0 Å². The van der Waals surface area contributed by atoms with Gasteiger partial charge in [-0.25, -0.2) is 0 Å². The van der Waals surface area contributed by atoms with Crippen molar-refractivity contribution >= 4 is 5.97 Å². The average molecular weight is 243 g/mol. The quantitative estimate of drug-likeness (QED) is 0.749. The van der Waals surface area contributed by atoms with Crippen LogP contribution in [0, 0.1) is 0 Å². The van der Waals surface area contributed by atoms with Gasteiger partial charge in [0, 0.05) is 12.1 Å². The van der Waals surface area contributed by atoms with Gasteiger partial charge in [-0.2, -0.15) is 0 Å². The lowest BCUT2D eigenvalue weighted by Gasteiger charge is -2.46. The highest BCUT2D eigenvalue weighted by atomic mass is 16.5. The first-order valence-electron chi connectivity index (χ1n) is 6.45. The molecule has 2 atom stereocenters. The molecule has 0 aromatic carbocycles. The van der Waals surface area contributed by atoms with E-state index in [4.69, 9.17) is 9.47 Å². The van der Waals surface area contributed by atoms with E-state index in [0.717, 1.165) is 25.8 Å². The Bertz CT molecular complexity index is 265. The zero-order chi connectivity index (χ0) is 12.9. The predicted molar refractivity (Wildman–Crippen MR) is 66.9 cm³/mol. The van der Waals surface area contributed by atoms with Gasteiger partial charge < -0.3 is 14.8 Å². The Labute approximate surface area is 104 Å². The van der Waals surface area contributed by atoms with Crippen LogP contribution in [0.2, 0.25) is 0 Å². The van der Waals surface area contributed by atoms with Gasteiger partial charge in [0.05, 0.1) is 19.1 Å². The maximum Gasteiger partial charge on any atom is 0.307 e. The molecule has 4 nitrogen and oxygen atoms in total. The van der Waals surface area contributed by atoms with E-state index in [9.17, 15) is 4.79 Å². The Morgan fingerprint density at radius 2 is 2.18 bits per heavy atom. The van der Waals surface area contributed by atoms with E-state index in [-0.39, 0.29) is 17.1 Å². The summed E-state index contributed by atoms with van der Waals surface area (Å²) in [6.07, 6.45) is 3.11. The average Bonchev–Trinajstić information content (AvgIpc) is 2.29. The second-order valence-corrected chi connectivity index (χ2v) is 5.14. The fourth-order valence-corrected chi connectivity index (χ4v) is 2.66. The lowest BCUT2D eigenvalue weighted by Crippen LogP contribution is -2.56. The van der Waals surface area contributed by atoms with Crippen molar-refractivity contribution in [3.05, 3.63) is 0 Å². The highest BCUT2D eigenvalue weighted by Gasteiger charge is 2.43. The van der Waals surface area contributed by atoms with Crippen LogP contribution in [-0.2, 0) is 14.3 Å². The van der Waals surface area contributed by atoms with Gasteiger partial charge in [0.2, 0.25) is 0 Å². The summed E-state index contributed by atoms with van der Waals surface area (Å²) in [5, 5.41) is 3.47. The van der Waals surface area contributed by atoms with E-state index >= 15 is 0 Å². The Morgan fingerprint density at radius 1 is 1.47 bits per heavy atom. The van der Waals surface area contributed by atoms with Crippen LogP contribution >= 0.6 is 0 Å². The third-order valence-corrected chi connectivity index (χ3v) is 3.75. The summed E-state index contributed by atoms with van der Waals surface area (Å²) in [5.41, 5.74) is -0.292. The molecule has 2 unspecified atom stereocenters. The molecule has 1 N–H and O–H groups in total. The van der Waals surface area contributed by atoms with Crippen LogP contribution in [0.25, 0.3) is 0 Å². The van der Waals surface area contributed by atoms with Gasteiger partial charge in [0.1, 0.15) is 0 Å². The van der Waals surface area contributed by atoms with Crippen LogP contribution in [-0.4, -0.2) is 37.4 Å². The van der Waals surface area contributed by atoms with Gasteiger partial charge in [0.15, 0.2) is 0 Å². The van der Waals surface area contributed by atoms with Crippen molar-refractivity contribution in [2.24, 2.45) is 0 Å². The zero-order valence-corrected chi connectivity index (χ0v) is 11.5. The lowest BCUT2D eigenvalue weighted by atomic mass is 9.77. The highest BCUT2D eigenvalue weighted by molar-refractivity contribution is 5.70. The number of esters is 1. The van der Waals surface area contributed by atoms with E-state index in [1.54, 1.807) is 0 Å². The topological polar surface area (TPSA) is 47.6 Å². The Morgan fingerprint density at radius 3 is 2.71 bits per heavy atom. The molecule has 1 aliphatic heterocycles. The van der Waals surface area contributed by atoms with Crippen LogP contribution in [0.5, 0.6) is 0 Å². The fraction of sp³-hybridized carbons (Fsp3) is 0.923. The van der Waals surface area contributed by atoms with Crippen LogP contribution < -0.4 is 5.32 Å². The molecule has 0 radical (unpaired) electrons. The van der Waals surface area contributed by atoms with Crippen molar-refractivity contribution in [3.8, 4) is 0 Å². The van der Waals surface area contributed by atoms with E-state index < -0.39 is 0 Å². The molecule has 17 heavy (non-hydrogen) atoms. The summed E-state index contributed by atoms with van der Waals surface area (Å²) in [6, 6.07) is 0. The molecule has 1 aliphatic rings. The minimum absolute atomic E-state index is 0.131. The SMILES string of the molecule is CCNC1(CC(=O)OC)CCOC(C)(CC)C1. The van der Waals surface area contributed by atoms with Gasteiger partial charge in [0.25, 0.3) is 0 Å². The third kappa shape index (κ3) is 3.68. The molecule has 0 amide bonds. The standard InChI is InChI=1S/C13H25NO3/c1-5-12(3)10-13(14-6-2,7-8-17-12)9-11(15)16-4/h14H,5-10H2,1-4H3. The Balaban J connectivity index is 2.79. The summed E-state index contributed by atoms with van der Waals surface area (Å²) in [6.45, 7) is 7.87. The largest absolute Gasteiger partial charge is 0.469 e. The zero-order valence-electron chi connectivity index (χ0n) is 11.5. The number of rotatable bonds is 5. The molecule has 0 aromatic rings. The van der Waals surface area contributed by atoms with E-state index in [0.29, 0.717) is 13.0 Å². The van der Waals surface area contributed by atoms with Gasteiger partial charge in [-0.15, -0.1) is 0 Å². The molecule has 0 aromatic heterocycles. The number of hydrogen-bond acceptors (Lipinski definition) is 4. The first-order valence-corrected chi connectivity index (χ1v) is 6.45. The van der Waals surface area contributed by atoms with Crippen molar-refractivity contribution in [2.45, 2.75) is 57.6 Å². The fourth-order valence-electron chi connectivity index (χ4n) is 2.66. The van der Waals surface area contributed by atoms with E-state index in [1.165, 1.54) is 7.11 Å². The van der Waals surface area contributed by atoms with Crippen LogP contribution in [0.4, 0.5) is 0 Å². The number of hydrogen-bond donors (Lipinski definition) is 1. The molecular weight excluding hydrogens is 218 g/mol. The molecule has 0 bridgehead atoms. The summed E-state index contributed by atoms with van der Waals surface area (Å²) in [5.74, 6) is -0.147. The third-order valence-electron chi connectivity index (χ3n) is 3.75. The molecule has 0 spiro atoms. The van der Waals surface area contributed by atoms with Crippen molar-refractivity contribution in [1.82, 2.24) is 5.32 Å². The molecule has 100 valence electrons. The summed E-state index contributed by atoms with van der Waals surface area (Å²) in [7, 11) is 1.44. The molecule has 1 rings (SSSR count). The summed E-state index contributed by atoms with van der Waals surface area (Å²) < 4.78 is 10.6. The van der Waals surface area contributed by atoms with Crippen molar-refractivity contribution in [2.75, 3.05) is 20.3 Å². The Kier molecular flexibility index (Phi) is 4.95. The smallest absolute Gasteiger partial charge is 0.307 e. The number of carbonyl (C=O) groups excluding carboxylic acids is 1. The maximum absolute atomic E-state index is 11.6.